The zero-order valence-corrected chi connectivity index (χ0v) is 23.9. The van der Waals surface area contributed by atoms with E-state index in [2.05, 4.69) is 5.32 Å². The minimum absolute atomic E-state index is 0.0966. The van der Waals surface area contributed by atoms with Gasteiger partial charge in [0.15, 0.2) is 11.5 Å². The highest BCUT2D eigenvalue weighted by molar-refractivity contribution is 5.89. The predicted molar refractivity (Wildman–Crippen MR) is 155 cm³/mol. The van der Waals surface area contributed by atoms with E-state index in [1.807, 2.05) is 67.6 Å². The molecular weight excluding hydrogens is 508 g/mol. The second-order valence-electron chi connectivity index (χ2n) is 9.28. The lowest BCUT2D eigenvalue weighted by molar-refractivity contribution is -0.140. The fourth-order valence-electron chi connectivity index (χ4n) is 4.40. The molecule has 0 aromatic heterocycles. The summed E-state index contributed by atoms with van der Waals surface area (Å²) >= 11 is 0. The number of nitrogens with one attached hydrogen (secondary N) is 1. The van der Waals surface area contributed by atoms with Gasteiger partial charge in [-0.2, -0.15) is 0 Å². The quantitative estimate of drug-likeness (QED) is 0.267. The summed E-state index contributed by atoms with van der Waals surface area (Å²) in [6.07, 6.45) is 1.17. The molecule has 40 heavy (non-hydrogen) atoms. The minimum Gasteiger partial charge on any atom is -0.497 e. The highest BCUT2D eigenvalue weighted by atomic mass is 16.5. The molecule has 2 amide bonds. The zero-order chi connectivity index (χ0) is 28.7. The Labute approximate surface area is 237 Å². The first kappa shape index (κ1) is 30.5. The maximum Gasteiger partial charge on any atom is 0.243 e. The van der Waals surface area contributed by atoms with Gasteiger partial charge < -0.3 is 29.2 Å². The van der Waals surface area contributed by atoms with Crippen molar-refractivity contribution in [3.8, 4) is 17.2 Å². The Bertz CT molecular complexity index is 1200. The molecule has 1 atom stereocenters. The summed E-state index contributed by atoms with van der Waals surface area (Å²) in [7, 11) is 4.74. The standard InChI is InChI=1S/C32H40N2O6/c1-5-40-19-9-18-33-32(36)28(20-24-10-7-6-8-11-24)34(23-25-12-15-27(37-2)16-13-25)31(35)22-26-14-17-29(38-3)30(21-26)39-4/h6-8,10-17,21,28H,5,9,18-20,22-23H2,1-4H3,(H,33,36). The van der Waals surface area contributed by atoms with Crippen LogP contribution < -0.4 is 19.5 Å². The highest BCUT2D eigenvalue weighted by Crippen LogP contribution is 2.28. The van der Waals surface area contributed by atoms with Crippen molar-refractivity contribution in [1.29, 1.82) is 0 Å². The molecule has 0 saturated carbocycles. The molecule has 1 unspecified atom stereocenters. The van der Waals surface area contributed by atoms with Gasteiger partial charge in [-0.25, -0.2) is 0 Å². The molecule has 3 rings (SSSR count). The number of carbonyl (C=O) groups excluding carboxylic acids is 2. The van der Waals surface area contributed by atoms with Crippen molar-refractivity contribution in [3.63, 3.8) is 0 Å². The van der Waals surface area contributed by atoms with Gasteiger partial charge in [-0.15, -0.1) is 0 Å². The van der Waals surface area contributed by atoms with E-state index < -0.39 is 6.04 Å². The third kappa shape index (κ3) is 9.02. The summed E-state index contributed by atoms with van der Waals surface area (Å²) in [5, 5.41) is 3.03. The van der Waals surface area contributed by atoms with E-state index in [1.165, 1.54) is 0 Å². The van der Waals surface area contributed by atoms with Gasteiger partial charge in [0.1, 0.15) is 11.8 Å². The van der Waals surface area contributed by atoms with Gasteiger partial charge in [0.25, 0.3) is 0 Å². The smallest absolute Gasteiger partial charge is 0.243 e. The first-order valence-electron chi connectivity index (χ1n) is 13.5. The van der Waals surface area contributed by atoms with E-state index in [4.69, 9.17) is 18.9 Å². The Morgan fingerprint density at radius 3 is 2.17 bits per heavy atom. The number of rotatable bonds is 16. The van der Waals surface area contributed by atoms with Crippen molar-refractivity contribution in [3.05, 3.63) is 89.5 Å². The van der Waals surface area contributed by atoms with E-state index in [-0.39, 0.29) is 24.8 Å². The number of hydrogen-bond donors (Lipinski definition) is 1. The van der Waals surface area contributed by atoms with Crippen molar-refractivity contribution >= 4 is 11.8 Å². The number of ether oxygens (including phenoxy) is 4. The van der Waals surface area contributed by atoms with Crippen LogP contribution in [0.25, 0.3) is 0 Å². The van der Waals surface area contributed by atoms with Crippen LogP contribution in [0.1, 0.15) is 30.0 Å². The Morgan fingerprint density at radius 1 is 0.825 bits per heavy atom. The van der Waals surface area contributed by atoms with Gasteiger partial charge in [0.2, 0.25) is 11.8 Å². The molecule has 0 fully saturated rings. The maximum absolute atomic E-state index is 14.0. The number of amides is 2. The topological polar surface area (TPSA) is 86.3 Å². The van der Waals surface area contributed by atoms with Crippen LogP contribution in [0.3, 0.4) is 0 Å². The fourth-order valence-corrected chi connectivity index (χ4v) is 4.40. The predicted octanol–water partition coefficient (Wildman–Crippen LogP) is 4.44. The van der Waals surface area contributed by atoms with Crippen molar-refractivity contribution < 1.29 is 28.5 Å². The molecule has 0 spiro atoms. The van der Waals surface area contributed by atoms with E-state index >= 15 is 0 Å². The molecule has 0 saturated heterocycles. The second kappa shape index (κ2) is 16.2. The molecule has 0 aliphatic rings. The van der Waals surface area contributed by atoms with Gasteiger partial charge in [-0.05, 0) is 54.3 Å². The first-order chi connectivity index (χ1) is 19.5. The Morgan fingerprint density at radius 2 is 1.52 bits per heavy atom. The largest absolute Gasteiger partial charge is 0.497 e. The maximum atomic E-state index is 14.0. The summed E-state index contributed by atoms with van der Waals surface area (Å²) in [6.45, 7) is 3.86. The van der Waals surface area contributed by atoms with Gasteiger partial charge in [0, 0.05) is 32.7 Å². The number of methoxy groups -OCH3 is 3. The monoisotopic (exact) mass is 548 g/mol. The molecule has 3 aromatic carbocycles. The van der Waals surface area contributed by atoms with Crippen LogP contribution in [-0.4, -0.2) is 63.8 Å². The highest BCUT2D eigenvalue weighted by Gasteiger charge is 2.30. The van der Waals surface area contributed by atoms with Crippen LogP contribution in [0.15, 0.2) is 72.8 Å². The molecular formula is C32H40N2O6. The Hall–Kier alpha value is -4.04. The van der Waals surface area contributed by atoms with Gasteiger partial charge in [-0.3, -0.25) is 9.59 Å². The summed E-state index contributed by atoms with van der Waals surface area (Å²) < 4.78 is 21.5. The molecule has 0 heterocycles. The van der Waals surface area contributed by atoms with Gasteiger partial charge >= 0.3 is 0 Å². The van der Waals surface area contributed by atoms with Crippen LogP contribution >= 0.6 is 0 Å². The molecule has 3 aromatic rings. The number of carbonyl (C=O) groups is 2. The van der Waals surface area contributed by atoms with E-state index in [1.54, 1.807) is 38.4 Å². The lowest BCUT2D eigenvalue weighted by atomic mass is 10.0. The molecule has 1 N–H and O–H groups in total. The number of benzene rings is 3. The first-order valence-corrected chi connectivity index (χ1v) is 13.5. The molecule has 0 bridgehead atoms. The van der Waals surface area contributed by atoms with Crippen LogP contribution in [0, 0.1) is 0 Å². The molecule has 0 aliphatic carbocycles. The van der Waals surface area contributed by atoms with Crippen LogP contribution in [0.5, 0.6) is 17.2 Å². The lowest BCUT2D eigenvalue weighted by Crippen LogP contribution is -2.51. The normalized spacial score (nSPS) is 11.4. The minimum atomic E-state index is -0.718. The van der Waals surface area contributed by atoms with Crippen molar-refractivity contribution in [2.24, 2.45) is 0 Å². The van der Waals surface area contributed by atoms with E-state index in [9.17, 15) is 9.59 Å². The molecule has 0 aliphatic heterocycles. The third-order valence-corrected chi connectivity index (χ3v) is 6.56. The van der Waals surface area contributed by atoms with Gasteiger partial charge in [-0.1, -0.05) is 48.5 Å². The van der Waals surface area contributed by atoms with Crippen molar-refractivity contribution in [2.45, 2.75) is 38.8 Å². The lowest BCUT2D eigenvalue weighted by Gasteiger charge is -2.32. The van der Waals surface area contributed by atoms with Crippen LogP contribution in [0.2, 0.25) is 0 Å². The summed E-state index contributed by atoms with van der Waals surface area (Å²) in [4.78, 5) is 29.3. The van der Waals surface area contributed by atoms with Crippen molar-refractivity contribution in [2.75, 3.05) is 41.1 Å². The average molecular weight is 549 g/mol. The Kier molecular flexibility index (Phi) is 12.3. The van der Waals surface area contributed by atoms with Crippen LogP contribution in [0.4, 0.5) is 0 Å². The zero-order valence-electron chi connectivity index (χ0n) is 23.9. The average Bonchev–Trinajstić information content (AvgIpc) is 2.99. The van der Waals surface area contributed by atoms with E-state index in [0.29, 0.717) is 44.1 Å². The molecule has 0 radical (unpaired) electrons. The SMILES string of the molecule is CCOCCCNC(=O)C(Cc1ccccc1)N(Cc1ccc(OC)cc1)C(=O)Cc1ccc(OC)c(OC)c1. The van der Waals surface area contributed by atoms with E-state index in [0.717, 1.165) is 22.4 Å². The molecule has 8 heteroatoms. The number of hydrogen-bond acceptors (Lipinski definition) is 6. The summed E-state index contributed by atoms with van der Waals surface area (Å²) in [5.74, 6) is 1.48. The summed E-state index contributed by atoms with van der Waals surface area (Å²) in [5.41, 5.74) is 2.62. The number of nitrogens with zero attached hydrogens (tertiary/aromatic N) is 1. The molecule has 8 nitrogen and oxygen atoms in total. The second-order valence-corrected chi connectivity index (χ2v) is 9.28. The van der Waals surface area contributed by atoms with Crippen LogP contribution in [-0.2, 0) is 33.7 Å². The summed E-state index contributed by atoms with van der Waals surface area (Å²) in [6, 6.07) is 22.0. The Balaban J connectivity index is 1.92. The molecule has 214 valence electrons. The fraction of sp³-hybridized carbons (Fsp3) is 0.375. The third-order valence-electron chi connectivity index (χ3n) is 6.56. The van der Waals surface area contributed by atoms with Crippen molar-refractivity contribution in [1.82, 2.24) is 10.2 Å². The van der Waals surface area contributed by atoms with Gasteiger partial charge in [0.05, 0.1) is 27.8 Å².